The highest BCUT2D eigenvalue weighted by Gasteiger charge is 2.39. The molecule has 17 heteroatoms. The largest absolute Gasteiger partial charge is 0.344 e. The van der Waals surface area contributed by atoms with Crippen LogP contribution in [0.15, 0.2) is 12.1 Å². The Labute approximate surface area is 411 Å². The number of likely N-dealkylation sites (tertiary alicyclic amines) is 2. The molecule has 1 aromatic heterocycles. The number of carbonyl (C=O) groups is 7. The molecule has 3 heterocycles. The number of piperidine rings is 2. The van der Waals surface area contributed by atoms with Gasteiger partial charge in [-0.1, -0.05) is 92.9 Å². The van der Waals surface area contributed by atoms with Crippen molar-refractivity contribution in [1.29, 1.82) is 0 Å². The Hall–Kier alpha value is -4.09. The molecule has 0 aromatic carbocycles. The van der Waals surface area contributed by atoms with Gasteiger partial charge in [0, 0.05) is 77.1 Å². The van der Waals surface area contributed by atoms with Crippen molar-refractivity contribution < 1.29 is 44.0 Å². The predicted molar refractivity (Wildman–Crippen MR) is 265 cm³/mol. The number of nitrogens with zero attached hydrogens (tertiary/aromatic N) is 6. The Balaban J connectivity index is 0.000000301. The second-order valence-electron chi connectivity index (χ2n) is 22.0. The zero-order valence-electron chi connectivity index (χ0n) is 43.2. The van der Waals surface area contributed by atoms with E-state index >= 15 is 0 Å². The lowest BCUT2D eigenvalue weighted by Gasteiger charge is -2.40. The fraction of sp³-hybridized carbons (Fsp3) is 0.784. The van der Waals surface area contributed by atoms with Gasteiger partial charge in [-0.3, -0.25) is 44.0 Å². The van der Waals surface area contributed by atoms with E-state index in [1.165, 1.54) is 25.7 Å². The van der Waals surface area contributed by atoms with E-state index in [2.05, 4.69) is 26.1 Å². The molecule has 7 amide bonds. The normalized spacial score (nSPS) is 18.3. The molecule has 2 atom stereocenters. The van der Waals surface area contributed by atoms with Crippen LogP contribution in [0.3, 0.4) is 0 Å². The minimum atomic E-state index is -0.740. The van der Waals surface area contributed by atoms with Crippen LogP contribution in [-0.4, -0.2) is 154 Å². The molecule has 5 rings (SSSR count). The van der Waals surface area contributed by atoms with E-state index < -0.39 is 17.4 Å². The van der Waals surface area contributed by atoms with E-state index in [0.29, 0.717) is 69.1 Å². The lowest BCUT2D eigenvalue weighted by Crippen LogP contribution is -2.58. The Morgan fingerprint density at radius 3 is 1.75 bits per heavy atom. The van der Waals surface area contributed by atoms with Crippen LogP contribution in [-0.2, 0) is 28.8 Å². The lowest BCUT2D eigenvalue weighted by atomic mass is 9.84. The number of rotatable bonds is 17. The molecular weight excluding hydrogens is 887 g/mol. The van der Waals surface area contributed by atoms with E-state index in [-0.39, 0.29) is 53.6 Å². The average molecular weight is 974 g/mol. The number of amides is 7. The molecule has 2 saturated heterocycles. The molecule has 68 heavy (non-hydrogen) atoms. The van der Waals surface area contributed by atoms with Crippen LogP contribution in [0.5, 0.6) is 0 Å². The van der Waals surface area contributed by atoms with Gasteiger partial charge in [-0.2, -0.15) is 0 Å². The van der Waals surface area contributed by atoms with Gasteiger partial charge in [0.15, 0.2) is 0 Å². The SMILES string of the molecule is CC(=O)N1CCC(N(C)C(=O)[C@@H](NC(=O)[C@H](CC2CCCC2)CN(O)C=O)C(C)(C)C)CC1.Cc1ccc(C(=O)N2CCC(N(C)C(=O)CC(C)(C)C)CC2)s1.O=CN(O)CCCC1CCCC1. The zero-order valence-corrected chi connectivity index (χ0v) is 44.0. The number of thiophene rings is 1. The van der Waals surface area contributed by atoms with Crippen LogP contribution < -0.4 is 5.32 Å². The molecule has 386 valence electrons. The third kappa shape index (κ3) is 19.7. The minimum Gasteiger partial charge on any atom is -0.344 e. The summed E-state index contributed by atoms with van der Waals surface area (Å²) in [5, 5.41) is 22.8. The number of hydrogen-bond donors (Lipinski definition) is 3. The Kier molecular flexibility index (Phi) is 23.9. The molecule has 2 aliphatic carbocycles. The van der Waals surface area contributed by atoms with Crippen molar-refractivity contribution in [1.82, 2.24) is 35.0 Å². The first-order valence-corrected chi connectivity index (χ1v) is 26.0. The van der Waals surface area contributed by atoms with Crippen LogP contribution in [0.2, 0.25) is 0 Å². The first-order valence-electron chi connectivity index (χ1n) is 25.2. The second kappa shape index (κ2) is 27.9. The first-order chi connectivity index (χ1) is 31.9. The predicted octanol–water partition coefficient (Wildman–Crippen LogP) is 7.39. The molecule has 1 aromatic rings. The van der Waals surface area contributed by atoms with Crippen molar-refractivity contribution in [3.8, 4) is 0 Å². The molecular formula is C51H87N7O9S. The van der Waals surface area contributed by atoms with Crippen LogP contribution >= 0.6 is 11.3 Å². The zero-order chi connectivity index (χ0) is 50.8. The van der Waals surface area contributed by atoms with Crippen molar-refractivity contribution in [2.45, 2.75) is 176 Å². The Morgan fingerprint density at radius 1 is 0.765 bits per heavy atom. The van der Waals surface area contributed by atoms with Gasteiger partial charge in [0.2, 0.25) is 36.4 Å². The summed E-state index contributed by atoms with van der Waals surface area (Å²) in [6.07, 6.45) is 16.9. The number of hydrogen-bond acceptors (Lipinski definition) is 10. The summed E-state index contributed by atoms with van der Waals surface area (Å²) in [5.74, 6) is 0.572. The van der Waals surface area contributed by atoms with Crippen molar-refractivity contribution >= 4 is 53.7 Å². The molecule has 2 aliphatic heterocycles. The summed E-state index contributed by atoms with van der Waals surface area (Å²) in [6, 6.07) is 3.41. The van der Waals surface area contributed by atoms with E-state index in [0.717, 1.165) is 85.2 Å². The molecule has 4 fully saturated rings. The van der Waals surface area contributed by atoms with Crippen LogP contribution in [0, 0.1) is 35.5 Å². The smallest absolute Gasteiger partial charge is 0.263 e. The number of hydroxylamine groups is 4. The van der Waals surface area contributed by atoms with Crippen molar-refractivity contribution in [2.75, 3.05) is 53.4 Å². The van der Waals surface area contributed by atoms with Gasteiger partial charge in [-0.05, 0) is 86.7 Å². The summed E-state index contributed by atoms with van der Waals surface area (Å²) in [5.41, 5.74) is -0.512. The fourth-order valence-electron chi connectivity index (χ4n) is 9.88. The van der Waals surface area contributed by atoms with Gasteiger partial charge in [-0.25, -0.2) is 10.1 Å². The van der Waals surface area contributed by atoms with Crippen molar-refractivity contribution in [3.05, 3.63) is 21.9 Å². The number of carbonyl (C=O) groups excluding carboxylic acids is 7. The highest BCUT2D eigenvalue weighted by atomic mass is 32.1. The lowest BCUT2D eigenvalue weighted by molar-refractivity contribution is -0.156. The number of likely N-dealkylation sites (N-methyl/N-ethyl adjacent to an activating group) is 1. The van der Waals surface area contributed by atoms with E-state index in [9.17, 15) is 38.8 Å². The number of aryl methyl sites for hydroxylation is 1. The summed E-state index contributed by atoms with van der Waals surface area (Å²) < 4.78 is 0. The first kappa shape index (κ1) is 58.2. The molecule has 4 aliphatic rings. The topological polar surface area (TPSA) is 191 Å². The Bertz CT molecular complexity index is 1750. The quantitative estimate of drug-likeness (QED) is 0.0812. The maximum atomic E-state index is 13.5. The summed E-state index contributed by atoms with van der Waals surface area (Å²) in [6.45, 7) is 18.7. The Morgan fingerprint density at radius 2 is 1.28 bits per heavy atom. The fourth-order valence-corrected chi connectivity index (χ4v) is 10.7. The maximum Gasteiger partial charge on any atom is 0.263 e. The van der Waals surface area contributed by atoms with Gasteiger partial charge in [-0.15, -0.1) is 11.3 Å². The molecule has 3 N–H and O–H groups in total. The molecule has 0 spiro atoms. The van der Waals surface area contributed by atoms with Crippen LogP contribution in [0.4, 0.5) is 0 Å². The molecule has 2 saturated carbocycles. The van der Waals surface area contributed by atoms with Crippen LogP contribution in [0.25, 0.3) is 0 Å². The molecule has 0 radical (unpaired) electrons. The van der Waals surface area contributed by atoms with Gasteiger partial charge in [0.1, 0.15) is 6.04 Å². The summed E-state index contributed by atoms with van der Waals surface area (Å²) >= 11 is 1.55. The van der Waals surface area contributed by atoms with Crippen LogP contribution in [0.1, 0.15) is 166 Å². The summed E-state index contributed by atoms with van der Waals surface area (Å²) in [7, 11) is 3.66. The van der Waals surface area contributed by atoms with E-state index in [1.807, 2.05) is 56.7 Å². The van der Waals surface area contributed by atoms with Gasteiger partial charge < -0.3 is 24.9 Å². The highest BCUT2D eigenvalue weighted by Crippen LogP contribution is 2.32. The summed E-state index contributed by atoms with van der Waals surface area (Å²) in [4.78, 5) is 93.5. The standard InChI is InChI=1S/C24H42N4O5.C18H28N2O2S.C9H17NO2/c1-17(30)27-12-10-20(11-13-27)26(5)23(32)21(24(2,3)4)25-22(31)19(15-28(33)16-29)14-18-8-6-7-9-18;1-13-6-7-15(23-13)17(22)20-10-8-14(9-11-20)19(5)16(21)12-18(2,3)4;11-8-10(12)7-3-6-9-4-1-2-5-9/h16,18-21,33H,6-15H2,1-5H3,(H,25,31);6-7,14H,8-12H2,1-5H3;8-9,12H,1-7H2/t19-,21-;;/m1../s1. The average Bonchev–Trinajstić information content (AvgIpc) is 4.11. The molecule has 16 nitrogen and oxygen atoms in total. The van der Waals surface area contributed by atoms with Gasteiger partial charge in [0.05, 0.1) is 17.3 Å². The maximum absolute atomic E-state index is 13.5. The molecule has 0 bridgehead atoms. The third-order valence-corrected chi connectivity index (χ3v) is 15.1. The van der Waals surface area contributed by atoms with Crippen molar-refractivity contribution in [2.24, 2.45) is 28.6 Å². The van der Waals surface area contributed by atoms with Gasteiger partial charge >= 0.3 is 0 Å². The highest BCUT2D eigenvalue weighted by molar-refractivity contribution is 7.13. The second-order valence-corrected chi connectivity index (χ2v) is 23.3. The third-order valence-electron chi connectivity index (χ3n) is 14.1. The van der Waals surface area contributed by atoms with Gasteiger partial charge in [0.25, 0.3) is 5.91 Å². The minimum absolute atomic E-state index is 0.00661. The van der Waals surface area contributed by atoms with Crippen molar-refractivity contribution in [3.63, 3.8) is 0 Å². The van der Waals surface area contributed by atoms with E-state index in [1.54, 1.807) is 35.1 Å². The van der Waals surface area contributed by atoms with E-state index in [4.69, 9.17) is 5.21 Å². The molecule has 0 unspecified atom stereocenters. The number of nitrogens with one attached hydrogen (secondary N) is 1. The monoisotopic (exact) mass is 974 g/mol.